The summed E-state index contributed by atoms with van der Waals surface area (Å²) in [6.07, 6.45) is 4.22. The van der Waals surface area contributed by atoms with Gasteiger partial charge in [0.15, 0.2) is 9.84 Å². The summed E-state index contributed by atoms with van der Waals surface area (Å²) in [4.78, 5) is -0.288. The zero-order valence-electron chi connectivity index (χ0n) is 12.5. The average molecular weight is 297 g/mol. The van der Waals surface area contributed by atoms with Crippen LogP contribution in [0.15, 0.2) is 42.0 Å². The minimum absolute atomic E-state index is 0.288. The van der Waals surface area contributed by atoms with Crippen molar-refractivity contribution in [1.82, 2.24) is 0 Å². The van der Waals surface area contributed by atoms with E-state index in [0.29, 0.717) is 0 Å². The monoisotopic (exact) mass is 296 g/mol. The Kier molecular flexibility index (Phi) is 5.16. The topological polar surface area (TPSA) is 34.1 Å². The molecule has 0 saturated heterocycles. The Balaban J connectivity index is 2.99. The first kappa shape index (κ1) is 16.2. The minimum Gasteiger partial charge on any atom is -0.229 e. The highest BCUT2D eigenvalue weighted by Gasteiger charge is 2.35. The molecule has 0 aliphatic rings. The number of rotatable bonds is 5. The second-order valence-corrected chi connectivity index (χ2v) is 14.1. The quantitative estimate of drug-likeness (QED) is 0.616. The highest BCUT2D eigenvalue weighted by molar-refractivity contribution is 7.93. The SMILES string of the molecule is C/C(=C\Cc1ccccc1)C([Si](C)(C)C)S(C)(=O)=O. The van der Waals surface area contributed by atoms with Crippen LogP contribution in [0, 0.1) is 0 Å². The highest BCUT2D eigenvalue weighted by atomic mass is 32.2. The first-order valence-electron chi connectivity index (χ1n) is 6.52. The maximum atomic E-state index is 12.0. The molecule has 19 heavy (non-hydrogen) atoms. The Labute approximate surface area is 118 Å². The van der Waals surface area contributed by atoms with E-state index in [4.69, 9.17) is 0 Å². The van der Waals surface area contributed by atoms with Crippen LogP contribution in [-0.2, 0) is 16.3 Å². The predicted molar refractivity (Wildman–Crippen MR) is 85.9 cm³/mol. The van der Waals surface area contributed by atoms with Gasteiger partial charge >= 0.3 is 0 Å². The summed E-state index contributed by atoms with van der Waals surface area (Å²) >= 11 is 0. The van der Waals surface area contributed by atoms with Gasteiger partial charge in [-0.05, 0) is 18.9 Å². The molecule has 0 aliphatic heterocycles. The van der Waals surface area contributed by atoms with E-state index >= 15 is 0 Å². The predicted octanol–water partition coefficient (Wildman–Crippen LogP) is 3.47. The van der Waals surface area contributed by atoms with Crippen molar-refractivity contribution in [2.24, 2.45) is 0 Å². The number of sulfone groups is 1. The van der Waals surface area contributed by atoms with Crippen molar-refractivity contribution < 1.29 is 8.42 Å². The molecule has 0 radical (unpaired) electrons. The fourth-order valence-electron chi connectivity index (χ4n) is 2.66. The molecule has 4 heteroatoms. The summed E-state index contributed by atoms with van der Waals surface area (Å²) in [7, 11) is -4.81. The Morgan fingerprint density at radius 1 is 1.21 bits per heavy atom. The molecular formula is C15H24O2SSi. The molecule has 0 bridgehead atoms. The Hall–Kier alpha value is -0.873. The molecule has 0 N–H and O–H groups in total. The van der Waals surface area contributed by atoms with Crippen LogP contribution in [0.5, 0.6) is 0 Å². The lowest BCUT2D eigenvalue weighted by Gasteiger charge is -2.28. The van der Waals surface area contributed by atoms with Crippen LogP contribution in [0.1, 0.15) is 12.5 Å². The molecule has 0 saturated carbocycles. The third-order valence-corrected chi connectivity index (χ3v) is 9.79. The van der Waals surface area contributed by atoms with E-state index in [1.165, 1.54) is 11.8 Å². The Morgan fingerprint density at radius 2 is 1.74 bits per heavy atom. The summed E-state index contributed by atoms with van der Waals surface area (Å²) < 4.78 is 24.0. The van der Waals surface area contributed by atoms with Gasteiger partial charge in [0, 0.05) is 6.26 Å². The Morgan fingerprint density at radius 3 is 2.16 bits per heavy atom. The minimum atomic E-state index is -3.03. The van der Waals surface area contributed by atoms with Crippen molar-refractivity contribution >= 4 is 17.9 Å². The molecule has 0 aromatic heterocycles. The van der Waals surface area contributed by atoms with Gasteiger partial charge in [0.05, 0.1) is 12.9 Å². The van der Waals surface area contributed by atoms with Crippen LogP contribution in [-0.4, -0.2) is 27.6 Å². The van der Waals surface area contributed by atoms with Crippen LogP contribution < -0.4 is 0 Å². The molecular weight excluding hydrogens is 272 g/mol. The molecule has 1 unspecified atom stereocenters. The molecule has 0 amide bonds. The van der Waals surface area contributed by atoms with Crippen molar-refractivity contribution in [3.8, 4) is 0 Å². The van der Waals surface area contributed by atoms with Crippen molar-refractivity contribution in [3.63, 3.8) is 0 Å². The summed E-state index contributed by atoms with van der Waals surface area (Å²) in [5.41, 5.74) is 2.20. The van der Waals surface area contributed by atoms with E-state index in [9.17, 15) is 8.42 Å². The molecule has 1 aromatic carbocycles. The largest absolute Gasteiger partial charge is 0.229 e. The third kappa shape index (κ3) is 4.95. The van der Waals surface area contributed by atoms with E-state index in [2.05, 4.69) is 37.8 Å². The van der Waals surface area contributed by atoms with Gasteiger partial charge in [-0.15, -0.1) is 0 Å². The van der Waals surface area contributed by atoms with Gasteiger partial charge in [0.2, 0.25) is 0 Å². The number of benzene rings is 1. The molecule has 0 fully saturated rings. The standard InChI is InChI=1S/C15H24O2SSi/c1-13(11-12-14-9-7-6-8-10-14)15(18(2,16)17)19(3,4)5/h6-11,15H,12H2,1-5H3/b13-11+. The Bertz CT molecular complexity index is 539. The third-order valence-electron chi connectivity index (χ3n) is 3.13. The molecule has 1 atom stereocenters. The molecule has 106 valence electrons. The highest BCUT2D eigenvalue weighted by Crippen LogP contribution is 2.23. The van der Waals surface area contributed by atoms with Gasteiger partial charge < -0.3 is 0 Å². The van der Waals surface area contributed by atoms with Crippen molar-refractivity contribution in [2.45, 2.75) is 37.9 Å². The normalized spacial score (nSPS) is 15.3. The van der Waals surface area contributed by atoms with Gasteiger partial charge in [0.1, 0.15) is 0 Å². The molecule has 1 aromatic rings. The summed E-state index contributed by atoms with van der Waals surface area (Å²) in [6, 6.07) is 10.1. The van der Waals surface area contributed by atoms with E-state index in [0.717, 1.165) is 12.0 Å². The maximum absolute atomic E-state index is 12.0. The lowest BCUT2D eigenvalue weighted by atomic mass is 10.1. The first-order chi connectivity index (χ1) is 8.62. The molecule has 0 aliphatic carbocycles. The lowest BCUT2D eigenvalue weighted by molar-refractivity contribution is 0.600. The number of hydrogen-bond donors (Lipinski definition) is 0. The summed E-state index contributed by atoms with van der Waals surface area (Å²) in [6.45, 7) is 8.28. The number of allylic oxidation sites excluding steroid dienone is 1. The van der Waals surface area contributed by atoms with Crippen LogP contribution in [0.25, 0.3) is 0 Å². The maximum Gasteiger partial charge on any atom is 0.151 e. The smallest absolute Gasteiger partial charge is 0.151 e. The van der Waals surface area contributed by atoms with Gasteiger partial charge in [-0.1, -0.05) is 61.6 Å². The van der Waals surface area contributed by atoms with E-state index in [-0.39, 0.29) is 4.87 Å². The van der Waals surface area contributed by atoms with Gasteiger partial charge in [-0.25, -0.2) is 8.42 Å². The van der Waals surface area contributed by atoms with Crippen LogP contribution in [0.4, 0.5) is 0 Å². The lowest BCUT2D eigenvalue weighted by Crippen LogP contribution is -2.44. The second kappa shape index (κ2) is 6.05. The first-order valence-corrected chi connectivity index (χ1v) is 12.0. The summed E-state index contributed by atoms with van der Waals surface area (Å²) in [5.74, 6) is 0. The average Bonchev–Trinajstić information content (AvgIpc) is 2.24. The number of hydrogen-bond acceptors (Lipinski definition) is 2. The summed E-state index contributed by atoms with van der Waals surface area (Å²) in [5, 5.41) is 0. The molecule has 0 heterocycles. The van der Waals surface area contributed by atoms with Crippen molar-refractivity contribution in [1.29, 1.82) is 0 Å². The van der Waals surface area contributed by atoms with E-state index in [1.807, 2.05) is 25.1 Å². The fraction of sp³-hybridized carbons (Fsp3) is 0.467. The van der Waals surface area contributed by atoms with Gasteiger partial charge in [-0.2, -0.15) is 0 Å². The fourth-order valence-corrected chi connectivity index (χ4v) is 10.1. The van der Waals surface area contributed by atoms with E-state index < -0.39 is 17.9 Å². The van der Waals surface area contributed by atoms with Gasteiger partial charge in [-0.3, -0.25) is 0 Å². The molecule has 0 spiro atoms. The second-order valence-electron chi connectivity index (χ2n) is 6.21. The zero-order valence-corrected chi connectivity index (χ0v) is 14.3. The van der Waals surface area contributed by atoms with E-state index in [1.54, 1.807) is 0 Å². The molecule has 1 rings (SSSR count). The van der Waals surface area contributed by atoms with Crippen molar-refractivity contribution in [2.75, 3.05) is 6.26 Å². The van der Waals surface area contributed by atoms with Crippen LogP contribution >= 0.6 is 0 Å². The molecule has 2 nitrogen and oxygen atoms in total. The van der Waals surface area contributed by atoms with Crippen LogP contribution in [0.2, 0.25) is 19.6 Å². The van der Waals surface area contributed by atoms with Crippen molar-refractivity contribution in [3.05, 3.63) is 47.5 Å². The zero-order chi connectivity index (χ0) is 14.7. The van der Waals surface area contributed by atoms with Crippen LogP contribution in [0.3, 0.4) is 0 Å². The van der Waals surface area contributed by atoms with Gasteiger partial charge in [0.25, 0.3) is 0 Å².